The number of amides is 2. The van der Waals surface area contributed by atoms with Gasteiger partial charge in [0, 0.05) is 23.5 Å². The van der Waals surface area contributed by atoms with Crippen LogP contribution in [0.1, 0.15) is 35.0 Å². The minimum atomic E-state index is -4.84. The van der Waals surface area contributed by atoms with Gasteiger partial charge in [0.25, 0.3) is 0 Å². The third kappa shape index (κ3) is 6.59. The van der Waals surface area contributed by atoms with Crippen molar-refractivity contribution in [1.29, 1.82) is 0 Å². The number of ketones is 1. The first-order valence-electron chi connectivity index (χ1n) is 10.7. The summed E-state index contributed by atoms with van der Waals surface area (Å²) in [5, 5.41) is 13.2. The van der Waals surface area contributed by atoms with E-state index < -0.39 is 47.4 Å². The van der Waals surface area contributed by atoms with E-state index in [0.717, 1.165) is 22.9 Å². The number of benzene rings is 2. The maximum atomic E-state index is 13.5. The van der Waals surface area contributed by atoms with E-state index in [0.29, 0.717) is 6.07 Å². The number of aryl methyl sites for hydroxylation is 1. The molecule has 2 amide bonds. The highest BCUT2D eigenvalue weighted by Gasteiger charge is 2.36. The number of aromatic nitrogens is 1. The van der Waals surface area contributed by atoms with Crippen LogP contribution in [0.2, 0.25) is 0 Å². The lowest BCUT2D eigenvalue weighted by atomic mass is 10.0. The second kappa shape index (κ2) is 10.9. The number of nitrogens with one attached hydrogen (secondary N) is 2. The van der Waals surface area contributed by atoms with E-state index in [9.17, 15) is 27.6 Å². The maximum Gasteiger partial charge on any atom is 0.420 e. The van der Waals surface area contributed by atoms with Crippen molar-refractivity contribution < 1.29 is 37.4 Å². The van der Waals surface area contributed by atoms with Crippen LogP contribution in [0.3, 0.4) is 0 Å². The molecule has 1 aromatic heterocycles. The number of hydrogen-bond donors (Lipinski definition) is 3. The molecule has 0 radical (unpaired) electrons. The van der Waals surface area contributed by atoms with Crippen molar-refractivity contribution in [2.45, 2.75) is 26.4 Å². The van der Waals surface area contributed by atoms with Crippen LogP contribution in [0.5, 0.6) is 5.75 Å². The third-order valence-corrected chi connectivity index (χ3v) is 4.98. The molecule has 0 bridgehead atoms. The molecule has 3 aromatic rings. The highest BCUT2D eigenvalue weighted by Crippen LogP contribution is 2.41. The lowest BCUT2D eigenvalue weighted by Crippen LogP contribution is -2.20. The number of Topliss-reactive ketones (excluding diaryl/α,β-unsaturated/α-hetero) is 1. The fraction of sp³-hybridized carbons (Fsp3) is 0.200. The quantitative estimate of drug-likeness (QED) is 0.266. The summed E-state index contributed by atoms with van der Waals surface area (Å²) in [6, 6.07) is 11.5. The first-order valence-corrected chi connectivity index (χ1v) is 10.7. The molecule has 36 heavy (non-hydrogen) atoms. The molecule has 0 unspecified atom stereocenters. The lowest BCUT2D eigenvalue weighted by molar-refractivity contribution is -0.138. The van der Waals surface area contributed by atoms with Crippen LogP contribution in [0.15, 0.2) is 54.7 Å². The van der Waals surface area contributed by atoms with Gasteiger partial charge in [-0.05, 0) is 49.2 Å². The molecule has 188 valence electrons. The molecule has 8 nitrogen and oxygen atoms in total. The molecule has 0 saturated carbocycles. The number of alkyl halides is 3. The fourth-order valence-electron chi connectivity index (χ4n) is 3.44. The summed E-state index contributed by atoms with van der Waals surface area (Å²) in [5.41, 5.74) is 0.539. The number of halogens is 3. The molecule has 3 N–H and O–H groups in total. The van der Waals surface area contributed by atoms with E-state index in [1.54, 1.807) is 30.5 Å². The lowest BCUT2D eigenvalue weighted by Gasteiger charge is -2.18. The average Bonchev–Trinajstić information content (AvgIpc) is 2.79. The SMILES string of the molecule is CCOc1cc(NC(=O)O)c(NC(=O)CC(=O)c2cccc(-c3ccnc(C)c3)c2)cc1C(F)(F)F. The van der Waals surface area contributed by atoms with Crippen molar-refractivity contribution in [2.24, 2.45) is 0 Å². The smallest absolute Gasteiger partial charge is 0.420 e. The number of carbonyl (C=O) groups excluding carboxylic acids is 2. The summed E-state index contributed by atoms with van der Waals surface area (Å²) in [4.78, 5) is 40.6. The van der Waals surface area contributed by atoms with Gasteiger partial charge in [0.2, 0.25) is 5.91 Å². The third-order valence-electron chi connectivity index (χ3n) is 4.98. The van der Waals surface area contributed by atoms with E-state index in [4.69, 9.17) is 9.84 Å². The fourth-order valence-corrected chi connectivity index (χ4v) is 3.44. The van der Waals surface area contributed by atoms with E-state index in [1.165, 1.54) is 13.0 Å². The van der Waals surface area contributed by atoms with Crippen molar-refractivity contribution in [2.75, 3.05) is 17.2 Å². The number of pyridine rings is 1. The van der Waals surface area contributed by atoms with Crippen LogP contribution in [0.25, 0.3) is 11.1 Å². The van der Waals surface area contributed by atoms with Gasteiger partial charge in [0.15, 0.2) is 5.78 Å². The number of ether oxygens (including phenoxy) is 1. The van der Waals surface area contributed by atoms with E-state index in [1.807, 2.05) is 18.3 Å². The zero-order valence-corrected chi connectivity index (χ0v) is 19.3. The number of hydrogen-bond acceptors (Lipinski definition) is 5. The Labute approximate surface area is 204 Å². The summed E-state index contributed by atoms with van der Waals surface area (Å²) in [6.45, 7) is 3.19. The van der Waals surface area contributed by atoms with Crippen LogP contribution >= 0.6 is 0 Å². The predicted octanol–water partition coefficient (Wildman–Crippen LogP) is 5.78. The largest absolute Gasteiger partial charge is 0.493 e. The molecule has 11 heteroatoms. The molecular formula is C25H22F3N3O5. The number of anilines is 2. The Balaban J connectivity index is 1.85. The van der Waals surface area contributed by atoms with E-state index in [2.05, 4.69) is 10.3 Å². The van der Waals surface area contributed by atoms with Crippen LogP contribution < -0.4 is 15.4 Å². The molecule has 2 aromatic carbocycles. The highest BCUT2D eigenvalue weighted by molar-refractivity contribution is 6.12. The molecule has 0 saturated heterocycles. The summed E-state index contributed by atoms with van der Waals surface area (Å²) in [5.74, 6) is -2.10. The molecule has 0 aliphatic carbocycles. The Morgan fingerprint density at radius 1 is 1.00 bits per heavy atom. The number of carbonyl (C=O) groups is 3. The van der Waals surface area contributed by atoms with Crippen LogP contribution in [-0.2, 0) is 11.0 Å². The number of carboxylic acid groups (broad SMARTS) is 1. The molecule has 0 fully saturated rings. The Bertz CT molecular complexity index is 1310. The zero-order chi connectivity index (χ0) is 26.5. The summed E-state index contributed by atoms with van der Waals surface area (Å²) in [6.07, 6.45) is -5.46. The Kier molecular flexibility index (Phi) is 7.93. The second-order valence-electron chi connectivity index (χ2n) is 7.67. The van der Waals surface area contributed by atoms with Gasteiger partial charge >= 0.3 is 12.3 Å². The normalized spacial score (nSPS) is 11.0. The van der Waals surface area contributed by atoms with Gasteiger partial charge in [-0.3, -0.25) is 19.9 Å². The van der Waals surface area contributed by atoms with Gasteiger partial charge in [-0.15, -0.1) is 0 Å². The predicted molar refractivity (Wildman–Crippen MR) is 126 cm³/mol. The van der Waals surface area contributed by atoms with Gasteiger partial charge in [-0.2, -0.15) is 13.2 Å². The number of rotatable bonds is 8. The van der Waals surface area contributed by atoms with Crippen LogP contribution in [0, 0.1) is 6.92 Å². The standard InChI is InChI=1S/C25H22F3N3O5/c1-3-36-22-12-20(31-24(34)35)19(11-18(22)25(26,27)28)30-23(33)13-21(32)17-6-4-5-15(10-17)16-7-8-29-14(2)9-16/h4-12,31H,3,13H2,1-2H3,(H,30,33)(H,34,35). The second-order valence-corrected chi connectivity index (χ2v) is 7.67. The van der Waals surface area contributed by atoms with Crippen molar-refractivity contribution in [3.8, 4) is 16.9 Å². The molecule has 0 aliphatic rings. The Morgan fingerprint density at radius 3 is 2.33 bits per heavy atom. The molecule has 1 heterocycles. The van der Waals surface area contributed by atoms with Crippen molar-refractivity contribution >= 4 is 29.2 Å². The molecule has 0 atom stereocenters. The van der Waals surface area contributed by atoms with Crippen LogP contribution in [-0.4, -0.2) is 34.5 Å². The first kappa shape index (κ1) is 26.2. The van der Waals surface area contributed by atoms with Crippen molar-refractivity contribution in [3.05, 3.63) is 71.5 Å². The average molecular weight is 501 g/mol. The topological polar surface area (TPSA) is 118 Å². The number of nitrogens with zero attached hydrogens (tertiary/aromatic N) is 1. The van der Waals surface area contributed by atoms with Crippen LogP contribution in [0.4, 0.5) is 29.3 Å². The minimum absolute atomic E-state index is 0.103. The van der Waals surface area contributed by atoms with Crippen molar-refractivity contribution in [3.63, 3.8) is 0 Å². The Hall–Kier alpha value is -4.41. The van der Waals surface area contributed by atoms with Gasteiger partial charge in [0.1, 0.15) is 5.75 Å². The molecule has 3 rings (SSSR count). The van der Waals surface area contributed by atoms with Gasteiger partial charge in [-0.25, -0.2) is 4.79 Å². The summed E-state index contributed by atoms with van der Waals surface area (Å²) >= 11 is 0. The Morgan fingerprint density at radius 2 is 1.69 bits per heavy atom. The molecule has 0 spiro atoms. The van der Waals surface area contributed by atoms with Gasteiger partial charge in [-0.1, -0.05) is 18.2 Å². The molecule has 0 aliphatic heterocycles. The molecular weight excluding hydrogens is 479 g/mol. The van der Waals surface area contributed by atoms with Gasteiger partial charge < -0.3 is 15.2 Å². The minimum Gasteiger partial charge on any atom is -0.493 e. The highest BCUT2D eigenvalue weighted by atomic mass is 19.4. The summed E-state index contributed by atoms with van der Waals surface area (Å²) in [7, 11) is 0. The van der Waals surface area contributed by atoms with E-state index >= 15 is 0 Å². The zero-order valence-electron chi connectivity index (χ0n) is 19.3. The monoisotopic (exact) mass is 501 g/mol. The maximum absolute atomic E-state index is 13.5. The summed E-state index contributed by atoms with van der Waals surface area (Å²) < 4.78 is 45.6. The van der Waals surface area contributed by atoms with E-state index in [-0.39, 0.29) is 17.9 Å². The first-order chi connectivity index (χ1) is 17.0. The van der Waals surface area contributed by atoms with Crippen molar-refractivity contribution in [1.82, 2.24) is 4.98 Å². The van der Waals surface area contributed by atoms with Gasteiger partial charge in [0.05, 0.1) is 30.0 Å².